The summed E-state index contributed by atoms with van der Waals surface area (Å²) in [5.74, 6) is 1.97. The number of carbonyl (C=O) groups is 1. The molecule has 2 aromatic carbocycles. The van der Waals surface area contributed by atoms with Gasteiger partial charge < -0.3 is 15.0 Å². The first-order chi connectivity index (χ1) is 17.1. The highest BCUT2D eigenvalue weighted by Crippen LogP contribution is 2.29. The molecule has 0 radical (unpaired) electrons. The minimum atomic E-state index is -0.0788. The molecule has 1 amide bonds. The SMILES string of the molecule is CC1CCN(c2nnc(SCC(=O)N[C@@H](C)c3cccc4ccccc34)n2C[C@@H]2CCCO2)CC1. The van der Waals surface area contributed by atoms with Crippen molar-refractivity contribution in [1.82, 2.24) is 20.1 Å². The van der Waals surface area contributed by atoms with E-state index in [0.29, 0.717) is 5.75 Å². The maximum absolute atomic E-state index is 12.9. The fourth-order valence-corrected chi connectivity index (χ4v) is 5.86. The van der Waals surface area contributed by atoms with Crippen LogP contribution in [0.15, 0.2) is 47.6 Å². The Bertz CT molecular complexity index is 1150. The summed E-state index contributed by atoms with van der Waals surface area (Å²) in [6.45, 7) is 7.91. The Morgan fingerprint density at radius 3 is 2.74 bits per heavy atom. The van der Waals surface area contributed by atoms with Crippen LogP contribution in [0.4, 0.5) is 5.95 Å². The summed E-state index contributed by atoms with van der Waals surface area (Å²) in [6, 6.07) is 14.4. The van der Waals surface area contributed by atoms with Crippen molar-refractivity contribution in [2.75, 3.05) is 30.3 Å². The van der Waals surface area contributed by atoms with Gasteiger partial charge in [0.05, 0.1) is 24.4 Å². The highest BCUT2D eigenvalue weighted by Gasteiger charge is 2.26. The number of nitrogens with zero attached hydrogens (tertiary/aromatic N) is 4. The summed E-state index contributed by atoms with van der Waals surface area (Å²) in [7, 11) is 0. The molecule has 0 bridgehead atoms. The highest BCUT2D eigenvalue weighted by molar-refractivity contribution is 7.99. The van der Waals surface area contributed by atoms with Crippen molar-refractivity contribution in [2.24, 2.45) is 5.92 Å². The van der Waals surface area contributed by atoms with Gasteiger partial charge in [0.1, 0.15) is 0 Å². The molecule has 3 aromatic rings. The number of aromatic nitrogens is 3. The van der Waals surface area contributed by atoms with Gasteiger partial charge >= 0.3 is 0 Å². The highest BCUT2D eigenvalue weighted by atomic mass is 32.2. The molecule has 3 heterocycles. The Kier molecular flexibility index (Phi) is 7.58. The number of hydrogen-bond acceptors (Lipinski definition) is 6. The van der Waals surface area contributed by atoms with E-state index in [4.69, 9.17) is 4.74 Å². The van der Waals surface area contributed by atoms with Crippen molar-refractivity contribution < 1.29 is 9.53 Å². The summed E-state index contributed by atoms with van der Waals surface area (Å²) in [5, 5.41) is 15.4. The van der Waals surface area contributed by atoms with Crippen molar-refractivity contribution in [3.63, 3.8) is 0 Å². The van der Waals surface area contributed by atoms with Gasteiger partial charge in [0, 0.05) is 19.7 Å². The van der Waals surface area contributed by atoms with Crippen molar-refractivity contribution in [2.45, 2.75) is 63.4 Å². The molecule has 2 aliphatic heterocycles. The lowest BCUT2D eigenvalue weighted by Gasteiger charge is -2.31. The first-order valence-electron chi connectivity index (χ1n) is 12.8. The number of ether oxygens (including phenoxy) is 1. The summed E-state index contributed by atoms with van der Waals surface area (Å²) >= 11 is 1.46. The molecule has 0 aliphatic carbocycles. The van der Waals surface area contributed by atoms with Crippen LogP contribution in [0.3, 0.4) is 0 Å². The molecule has 0 spiro atoms. The minimum absolute atomic E-state index is 0.00421. The Balaban J connectivity index is 1.26. The second-order valence-corrected chi connectivity index (χ2v) is 10.8. The number of piperidine rings is 1. The average Bonchev–Trinajstić information content (AvgIpc) is 3.53. The Morgan fingerprint density at radius 2 is 1.94 bits per heavy atom. The zero-order chi connectivity index (χ0) is 24.2. The van der Waals surface area contributed by atoms with Crippen LogP contribution in [0, 0.1) is 5.92 Å². The van der Waals surface area contributed by atoms with E-state index in [1.807, 2.05) is 25.1 Å². The maximum atomic E-state index is 12.9. The maximum Gasteiger partial charge on any atom is 0.230 e. The zero-order valence-electron chi connectivity index (χ0n) is 20.7. The Hall–Kier alpha value is -2.58. The van der Waals surface area contributed by atoms with Crippen LogP contribution in [-0.4, -0.2) is 52.2 Å². The molecular formula is C27H35N5O2S. The van der Waals surface area contributed by atoms with Gasteiger partial charge in [-0.2, -0.15) is 0 Å². The van der Waals surface area contributed by atoms with Gasteiger partial charge in [-0.3, -0.25) is 9.36 Å². The molecular weight excluding hydrogens is 458 g/mol. The van der Waals surface area contributed by atoms with Crippen LogP contribution in [0.2, 0.25) is 0 Å². The summed E-state index contributed by atoms with van der Waals surface area (Å²) in [5.41, 5.74) is 1.13. The number of anilines is 1. The van der Waals surface area contributed by atoms with Crippen LogP contribution in [-0.2, 0) is 16.1 Å². The number of benzene rings is 2. The second kappa shape index (κ2) is 11.0. The van der Waals surface area contributed by atoms with Gasteiger partial charge in [-0.05, 0) is 54.9 Å². The molecule has 7 nitrogen and oxygen atoms in total. The lowest BCUT2D eigenvalue weighted by Crippen LogP contribution is -2.35. The average molecular weight is 494 g/mol. The Morgan fingerprint density at radius 1 is 1.14 bits per heavy atom. The van der Waals surface area contributed by atoms with Crippen LogP contribution in [0.1, 0.15) is 51.1 Å². The van der Waals surface area contributed by atoms with E-state index in [-0.39, 0.29) is 18.1 Å². The first-order valence-corrected chi connectivity index (χ1v) is 13.8. The third kappa shape index (κ3) is 5.64. The molecule has 35 heavy (non-hydrogen) atoms. The van der Waals surface area contributed by atoms with Crippen molar-refractivity contribution in [3.05, 3.63) is 48.0 Å². The molecule has 2 saturated heterocycles. The largest absolute Gasteiger partial charge is 0.376 e. The smallest absolute Gasteiger partial charge is 0.230 e. The van der Waals surface area contributed by atoms with E-state index in [1.165, 1.54) is 35.4 Å². The number of rotatable bonds is 8. The van der Waals surface area contributed by atoms with Crippen LogP contribution in [0.25, 0.3) is 10.8 Å². The predicted molar refractivity (Wildman–Crippen MR) is 141 cm³/mol. The molecule has 1 aromatic heterocycles. The monoisotopic (exact) mass is 493 g/mol. The number of thioether (sulfide) groups is 1. The molecule has 2 fully saturated rings. The minimum Gasteiger partial charge on any atom is -0.376 e. The van der Waals surface area contributed by atoms with Gasteiger partial charge in [0.25, 0.3) is 0 Å². The number of nitrogens with one attached hydrogen (secondary N) is 1. The summed E-state index contributed by atoms with van der Waals surface area (Å²) in [4.78, 5) is 15.3. The summed E-state index contributed by atoms with van der Waals surface area (Å²) < 4.78 is 8.10. The lowest BCUT2D eigenvalue weighted by molar-refractivity contribution is -0.119. The fraction of sp³-hybridized carbons (Fsp3) is 0.519. The number of carbonyl (C=O) groups excluding carboxylic acids is 1. The quantitative estimate of drug-likeness (QED) is 0.454. The standard InChI is InChI=1S/C27H35N5O2S/c1-19-12-14-31(15-13-19)26-29-30-27(32(26)17-22-9-6-16-34-22)35-18-25(33)28-20(2)23-11-5-8-21-7-3-4-10-24(21)23/h3-5,7-8,10-11,19-20,22H,6,9,12-18H2,1-2H3,(H,28,33)/t20-,22-/m0/s1. The summed E-state index contributed by atoms with van der Waals surface area (Å²) in [6.07, 6.45) is 4.68. The molecule has 1 N–H and O–H groups in total. The van der Waals surface area contributed by atoms with Gasteiger partial charge in [-0.1, -0.05) is 61.2 Å². The van der Waals surface area contributed by atoms with Gasteiger partial charge in [-0.25, -0.2) is 0 Å². The van der Waals surface area contributed by atoms with Gasteiger partial charge in [0.15, 0.2) is 5.16 Å². The molecule has 2 aliphatic rings. The third-order valence-corrected chi connectivity index (χ3v) is 8.14. The van der Waals surface area contributed by atoms with E-state index in [9.17, 15) is 4.79 Å². The predicted octanol–water partition coefficient (Wildman–Crippen LogP) is 4.82. The van der Waals surface area contributed by atoms with E-state index in [0.717, 1.165) is 61.7 Å². The van der Waals surface area contributed by atoms with E-state index >= 15 is 0 Å². The van der Waals surface area contributed by atoms with Crippen LogP contribution < -0.4 is 10.2 Å². The van der Waals surface area contributed by atoms with E-state index in [2.05, 4.69) is 56.2 Å². The molecule has 5 rings (SSSR count). The second-order valence-electron chi connectivity index (χ2n) is 9.84. The van der Waals surface area contributed by atoms with Gasteiger partial charge in [-0.15, -0.1) is 10.2 Å². The molecule has 8 heteroatoms. The lowest BCUT2D eigenvalue weighted by atomic mass is 10.00. The van der Waals surface area contributed by atoms with Crippen molar-refractivity contribution >= 4 is 34.4 Å². The van der Waals surface area contributed by atoms with Crippen molar-refractivity contribution in [1.29, 1.82) is 0 Å². The Labute approximate surface area is 211 Å². The van der Waals surface area contributed by atoms with Gasteiger partial charge in [0.2, 0.25) is 11.9 Å². The molecule has 2 atom stereocenters. The normalized spacial score (nSPS) is 19.8. The topological polar surface area (TPSA) is 72.3 Å². The van der Waals surface area contributed by atoms with Crippen molar-refractivity contribution in [3.8, 4) is 0 Å². The third-order valence-electron chi connectivity index (χ3n) is 7.17. The zero-order valence-corrected chi connectivity index (χ0v) is 21.5. The fourth-order valence-electron chi connectivity index (χ4n) is 5.10. The van der Waals surface area contributed by atoms with E-state index < -0.39 is 0 Å². The molecule has 186 valence electrons. The number of fused-ring (bicyclic) bond motifs is 1. The van der Waals surface area contributed by atoms with E-state index in [1.54, 1.807) is 0 Å². The van der Waals surface area contributed by atoms with Crippen LogP contribution >= 0.6 is 11.8 Å². The number of hydrogen-bond donors (Lipinski definition) is 1. The first kappa shape index (κ1) is 24.1. The van der Waals surface area contributed by atoms with Crippen LogP contribution in [0.5, 0.6) is 0 Å². The number of amides is 1. The molecule has 0 unspecified atom stereocenters. The molecule has 0 saturated carbocycles.